The Hall–Kier alpha value is -3.45. The van der Waals surface area contributed by atoms with E-state index in [4.69, 9.17) is 9.26 Å². The van der Waals surface area contributed by atoms with Crippen LogP contribution in [0.2, 0.25) is 0 Å². The lowest BCUT2D eigenvalue weighted by Gasteiger charge is -2.06. The zero-order valence-corrected chi connectivity index (χ0v) is 18.4. The molecule has 4 aromatic rings. The van der Waals surface area contributed by atoms with Crippen LogP contribution >= 0.6 is 15.9 Å². The zero-order valence-electron chi connectivity index (χ0n) is 16.8. The van der Waals surface area contributed by atoms with Crippen LogP contribution in [0.5, 0.6) is 5.75 Å². The molecule has 31 heavy (non-hydrogen) atoms. The molecule has 0 atom stereocenters. The van der Waals surface area contributed by atoms with E-state index in [2.05, 4.69) is 31.4 Å². The maximum Gasteiger partial charge on any atom is 0.259 e. The number of nitrogens with one attached hydrogen (secondary N) is 1. The van der Waals surface area contributed by atoms with Crippen molar-refractivity contribution in [3.63, 3.8) is 0 Å². The molecular formula is C24H20BrN3O3. The second kappa shape index (κ2) is 9.57. The number of halogens is 1. The fourth-order valence-electron chi connectivity index (χ4n) is 3.06. The number of carbonyl (C=O) groups is 1. The van der Waals surface area contributed by atoms with Gasteiger partial charge in [0, 0.05) is 22.1 Å². The Morgan fingerprint density at radius 2 is 1.77 bits per heavy atom. The summed E-state index contributed by atoms with van der Waals surface area (Å²) >= 11 is 3.49. The van der Waals surface area contributed by atoms with Crippen LogP contribution in [0.1, 0.15) is 12.0 Å². The van der Waals surface area contributed by atoms with E-state index in [0.29, 0.717) is 24.6 Å². The molecule has 1 aromatic heterocycles. The third kappa shape index (κ3) is 5.19. The number of aromatic nitrogens is 2. The minimum atomic E-state index is -0.0423. The number of methoxy groups -OCH3 is 1. The summed E-state index contributed by atoms with van der Waals surface area (Å²) in [6.45, 7) is 0. The molecule has 0 fully saturated rings. The van der Waals surface area contributed by atoms with E-state index in [1.165, 1.54) is 0 Å². The molecule has 1 N–H and O–H groups in total. The molecule has 0 aliphatic carbocycles. The van der Waals surface area contributed by atoms with E-state index in [9.17, 15) is 4.79 Å². The Kier molecular flexibility index (Phi) is 6.43. The van der Waals surface area contributed by atoms with Crippen molar-refractivity contribution in [3.8, 4) is 28.6 Å². The highest BCUT2D eigenvalue weighted by atomic mass is 79.9. The van der Waals surface area contributed by atoms with Crippen LogP contribution in [0.15, 0.2) is 81.8 Å². The molecule has 1 heterocycles. The van der Waals surface area contributed by atoms with Gasteiger partial charge in [-0.3, -0.25) is 4.79 Å². The second-order valence-corrected chi connectivity index (χ2v) is 7.73. The van der Waals surface area contributed by atoms with Crippen molar-refractivity contribution in [2.75, 3.05) is 12.4 Å². The molecule has 156 valence electrons. The van der Waals surface area contributed by atoms with Gasteiger partial charge < -0.3 is 14.6 Å². The van der Waals surface area contributed by atoms with E-state index in [0.717, 1.165) is 32.6 Å². The number of aryl methyl sites for hydroxylation is 1. The van der Waals surface area contributed by atoms with Crippen molar-refractivity contribution in [2.45, 2.75) is 12.8 Å². The average Bonchev–Trinajstić information content (AvgIpc) is 3.29. The van der Waals surface area contributed by atoms with E-state index in [1.807, 2.05) is 72.8 Å². The summed E-state index contributed by atoms with van der Waals surface area (Å²) in [7, 11) is 1.63. The molecule has 3 aromatic carbocycles. The number of anilines is 1. The van der Waals surface area contributed by atoms with Gasteiger partial charge in [0.1, 0.15) is 5.75 Å². The third-order valence-electron chi connectivity index (χ3n) is 4.76. The number of hydrogen-bond acceptors (Lipinski definition) is 5. The number of amides is 1. The maximum atomic E-state index is 12.3. The fraction of sp³-hybridized carbons (Fsp3) is 0.125. The second-order valence-electron chi connectivity index (χ2n) is 6.88. The highest BCUT2D eigenvalue weighted by Crippen LogP contribution is 2.28. The predicted molar refractivity (Wildman–Crippen MR) is 123 cm³/mol. The van der Waals surface area contributed by atoms with Gasteiger partial charge in [0.25, 0.3) is 5.89 Å². The van der Waals surface area contributed by atoms with Gasteiger partial charge in [-0.2, -0.15) is 4.98 Å². The number of rotatable bonds is 7. The smallest absolute Gasteiger partial charge is 0.259 e. The summed E-state index contributed by atoms with van der Waals surface area (Å²) in [5, 5.41) is 6.98. The first-order valence-corrected chi connectivity index (χ1v) is 10.5. The standard InChI is InChI=1S/C24H20BrN3O3/c1-30-19-13-6-16(7-14-19)8-15-22(29)26-18-11-9-17(10-12-18)23-27-24(31-28-23)20-4-2-3-5-21(20)25/h2-7,9-14H,8,15H2,1H3,(H,26,29). The summed E-state index contributed by atoms with van der Waals surface area (Å²) in [5.74, 6) is 1.69. The molecule has 0 saturated carbocycles. The number of nitrogens with zero attached hydrogens (tertiary/aromatic N) is 2. The molecule has 7 heteroatoms. The van der Waals surface area contributed by atoms with Gasteiger partial charge in [-0.15, -0.1) is 0 Å². The Bertz CT molecular complexity index is 1170. The van der Waals surface area contributed by atoms with Crippen LogP contribution in [0, 0.1) is 0 Å². The van der Waals surface area contributed by atoms with E-state index in [-0.39, 0.29) is 5.91 Å². The number of benzene rings is 3. The molecule has 0 aliphatic rings. The minimum absolute atomic E-state index is 0.0423. The normalized spacial score (nSPS) is 10.6. The van der Waals surface area contributed by atoms with Crippen LogP contribution in [0.25, 0.3) is 22.8 Å². The van der Waals surface area contributed by atoms with Crippen molar-refractivity contribution < 1.29 is 14.1 Å². The Balaban J connectivity index is 1.36. The van der Waals surface area contributed by atoms with E-state index >= 15 is 0 Å². The topological polar surface area (TPSA) is 77.2 Å². The summed E-state index contributed by atoms with van der Waals surface area (Å²) in [6, 6.07) is 22.8. The van der Waals surface area contributed by atoms with Gasteiger partial charge >= 0.3 is 0 Å². The first-order chi connectivity index (χ1) is 15.1. The van der Waals surface area contributed by atoms with E-state index < -0.39 is 0 Å². The third-order valence-corrected chi connectivity index (χ3v) is 5.45. The van der Waals surface area contributed by atoms with Gasteiger partial charge in [0.15, 0.2) is 0 Å². The van der Waals surface area contributed by atoms with Crippen LogP contribution in [-0.2, 0) is 11.2 Å². The summed E-state index contributed by atoms with van der Waals surface area (Å²) in [4.78, 5) is 16.7. The first kappa shape index (κ1) is 20.8. The summed E-state index contributed by atoms with van der Waals surface area (Å²) in [5.41, 5.74) is 3.45. The number of hydrogen-bond donors (Lipinski definition) is 1. The monoisotopic (exact) mass is 477 g/mol. The molecule has 6 nitrogen and oxygen atoms in total. The van der Waals surface area contributed by atoms with Crippen molar-refractivity contribution in [1.82, 2.24) is 10.1 Å². The van der Waals surface area contributed by atoms with Crippen LogP contribution in [0.3, 0.4) is 0 Å². The van der Waals surface area contributed by atoms with Gasteiger partial charge in [-0.05, 0) is 76.4 Å². The quantitative estimate of drug-likeness (QED) is 0.366. The fourth-order valence-corrected chi connectivity index (χ4v) is 3.52. The molecule has 0 bridgehead atoms. The maximum absolute atomic E-state index is 12.3. The molecule has 0 spiro atoms. The van der Waals surface area contributed by atoms with Crippen LogP contribution in [0.4, 0.5) is 5.69 Å². The SMILES string of the molecule is COc1ccc(CCC(=O)Nc2ccc(-c3noc(-c4ccccc4Br)n3)cc2)cc1. The van der Waals surface area contributed by atoms with Gasteiger partial charge in [-0.1, -0.05) is 29.4 Å². The van der Waals surface area contributed by atoms with Crippen molar-refractivity contribution >= 4 is 27.5 Å². The van der Waals surface area contributed by atoms with Crippen molar-refractivity contribution in [3.05, 3.63) is 82.8 Å². The minimum Gasteiger partial charge on any atom is -0.497 e. The Morgan fingerprint density at radius 3 is 2.48 bits per heavy atom. The lowest BCUT2D eigenvalue weighted by Crippen LogP contribution is -2.12. The van der Waals surface area contributed by atoms with Gasteiger partial charge in [-0.25, -0.2) is 0 Å². The van der Waals surface area contributed by atoms with Gasteiger partial charge in [0.2, 0.25) is 11.7 Å². The Morgan fingerprint density at radius 1 is 1.03 bits per heavy atom. The molecule has 0 unspecified atom stereocenters. The first-order valence-electron chi connectivity index (χ1n) is 9.74. The molecular weight excluding hydrogens is 458 g/mol. The highest BCUT2D eigenvalue weighted by Gasteiger charge is 2.13. The van der Waals surface area contributed by atoms with Crippen LogP contribution < -0.4 is 10.1 Å². The summed E-state index contributed by atoms with van der Waals surface area (Å²) in [6.07, 6.45) is 1.06. The Labute approximate surface area is 188 Å². The number of ether oxygens (including phenoxy) is 1. The van der Waals surface area contributed by atoms with Crippen molar-refractivity contribution in [2.24, 2.45) is 0 Å². The van der Waals surface area contributed by atoms with Crippen molar-refractivity contribution in [1.29, 1.82) is 0 Å². The molecule has 4 rings (SSSR count). The van der Waals surface area contributed by atoms with Gasteiger partial charge in [0.05, 0.1) is 12.7 Å². The molecule has 0 aliphatic heterocycles. The predicted octanol–water partition coefficient (Wildman–Crippen LogP) is 5.75. The highest BCUT2D eigenvalue weighted by molar-refractivity contribution is 9.10. The summed E-state index contributed by atoms with van der Waals surface area (Å²) < 4.78 is 11.4. The average molecular weight is 478 g/mol. The largest absolute Gasteiger partial charge is 0.497 e. The molecule has 0 radical (unpaired) electrons. The lowest BCUT2D eigenvalue weighted by atomic mass is 10.1. The zero-order chi connectivity index (χ0) is 21.6. The molecule has 1 amide bonds. The van der Waals surface area contributed by atoms with E-state index in [1.54, 1.807) is 7.11 Å². The van der Waals surface area contributed by atoms with Crippen LogP contribution in [-0.4, -0.2) is 23.2 Å². The number of carbonyl (C=O) groups excluding carboxylic acids is 1. The lowest BCUT2D eigenvalue weighted by molar-refractivity contribution is -0.116. The molecule has 0 saturated heterocycles.